The van der Waals surface area contributed by atoms with Gasteiger partial charge in [-0.15, -0.1) is 0 Å². The molecule has 9 atom stereocenters. The molecule has 0 aromatic rings. The molecule has 0 saturated heterocycles. The number of rotatable bonds is 7. The van der Waals surface area contributed by atoms with E-state index in [1.165, 1.54) is 77.0 Å². The van der Waals surface area contributed by atoms with E-state index in [4.69, 9.17) is 4.74 Å². The summed E-state index contributed by atoms with van der Waals surface area (Å²) in [7, 11) is 0. The Balaban J connectivity index is 1.50. The molecular weight excluding hydrogens is 364 g/mol. The van der Waals surface area contributed by atoms with Crippen molar-refractivity contribution in [2.24, 2.45) is 52.3 Å². The predicted octanol–water partition coefficient (Wildman–Crippen LogP) is 8.51. The summed E-state index contributed by atoms with van der Waals surface area (Å²) in [6.45, 7) is 15.9. The number of fused-ring (bicyclic) bond motifs is 5. The Morgan fingerprint density at radius 1 is 0.867 bits per heavy atom. The zero-order valence-corrected chi connectivity index (χ0v) is 21.2. The topological polar surface area (TPSA) is 9.23 Å². The van der Waals surface area contributed by atoms with Crippen molar-refractivity contribution in [2.75, 3.05) is 6.61 Å². The Morgan fingerprint density at radius 3 is 2.40 bits per heavy atom. The van der Waals surface area contributed by atoms with Crippen LogP contribution >= 0.6 is 0 Å². The number of hydrogen-bond acceptors (Lipinski definition) is 1. The minimum Gasteiger partial charge on any atom is -0.378 e. The van der Waals surface area contributed by atoms with E-state index in [9.17, 15) is 0 Å². The van der Waals surface area contributed by atoms with Gasteiger partial charge in [-0.2, -0.15) is 0 Å². The van der Waals surface area contributed by atoms with Crippen LogP contribution in [0.5, 0.6) is 0 Å². The molecule has 0 aromatic heterocycles. The van der Waals surface area contributed by atoms with Gasteiger partial charge in [0, 0.05) is 6.61 Å². The van der Waals surface area contributed by atoms with E-state index < -0.39 is 0 Å². The Bertz CT molecular complexity index is 567. The number of hydrogen-bond donors (Lipinski definition) is 0. The average molecular weight is 417 g/mol. The monoisotopic (exact) mass is 416 g/mol. The highest BCUT2D eigenvalue weighted by Crippen LogP contribution is 2.68. The second-order valence-corrected chi connectivity index (χ2v) is 12.9. The molecule has 2 unspecified atom stereocenters. The third-order valence-electron chi connectivity index (χ3n) is 11.2. The summed E-state index contributed by atoms with van der Waals surface area (Å²) in [4.78, 5) is 0. The predicted molar refractivity (Wildman–Crippen MR) is 128 cm³/mol. The molecular formula is C29H52O. The van der Waals surface area contributed by atoms with Crippen LogP contribution in [0, 0.1) is 52.3 Å². The number of ether oxygens (including phenoxy) is 1. The van der Waals surface area contributed by atoms with Crippen LogP contribution in [0.3, 0.4) is 0 Å². The molecule has 4 fully saturated rings. The molecule has 30 heavy (non-hydrogen) atoms. The van der Waals surface area contributed by atoms with Crippen LogP contribution in [0.15, 0.2) is 0 Å². The van der Waals surface area contributed by atoms with Crippen LogP contribution in [0.25, 0.3) is 0 Å². The van der Waals surface area contributed by atoms with Crippen LogP contribution in [0.4, 0.5) is 0 Å². The lowest BCUT2D eigenvalue weighted by molar-refractivity contribution is -0.180. The van der Waals surface area contributed by atoms with Gasteiger partial charge in [0.25, 0.3) is 0 Å². The highest BCUT2D eigenvalue weighted by atomic mass is 16.5. The molecule has 4 aliphatic carbocycles. The highest BCUT2D eigenvalue weighted by Gasteiger charge is 2.62. The zero-order valence-electron chi connectivity index (χ0n) is 21.2. The maximum absolute atomic E-state index is 6.46. The first-order valence-corrected chi connectivity index (χ1v) is 13.9. The molecule has 0 aromatic carbocycles. The van der Waals surface area contributed by atoms with Crippen molar-refractivity contribution < 1.29 is 4.74 Å². The van der Waals surface area contributed by atoms with Crippen molar-refractivity contribution in [3.8, 4) is 0 Å². The van der Waals surface area contributed by atoms with Crippen LogP contribution in [0.2, 0.25) is 0 Å². The van der Waals surface area contributed by atoms with Crippen LogP contribution in [-0.2, 0) is 4.74 Å². The molecule has 0 bridgehead atoms. The first-order chi connectivity index (χ1) is 14.3. The van der Waals surface area contributed by atoms with Crippen LogP contribution in [-0.4, -0.2) is 12.7 Å². The quantitative estimate of drug-likeness (QED) is 0.404. The molecule has 0 heterocycles. The first-order valence-electron chi connectivity index (χ1n) is 13.9. The van der Waals surface area contributed by atoms with Crippen molar-refractivity contribution in [2.45, 2.75) is 125 Å². The van der Waals surface area contributed by atoms with E-state index in [1.807, 2.05) is 0 Å². The van der Waals surface area contributed by atoms with E-state index in [-0.39, 0.29) is 0 Å². The molecule has 0 amide bonds. The molecule has 4 rings (SSSR count). The van der Waals surface area contributed by atoms with E-state index in [1.54, 1.807) is 0 Å². The normalized spacial score (nSPS) is 46.9. The minimum atomic E-state index is 0.458. The molecule has 1 heteroatoms. The SMILES string of the molecule is CCOC1CCCC2CC[C@@H]3[C@H](CC[C@]4(C)[C@@H]([C@H](C)CCCC(C)C)CC[C@@H]34)[C@]21C. The summed E-state index contributed by atoms with van der Waals surface area (Å²) in [6.07, 6.45) is 18.1. The lowest BCUT2D eigenvalue weighted by atomic mass is 9.44. The molecule has 4 aliphatic rings. The van der Waals surface area contributed by atoms with Crippen LogP contribution < -0.4 is 0 Å². The van der Waals surface area contributed by atoms with Gasteiger partial charge in [0.05, 0.1) is 6.10 Å². The van der Waals surface area contributed by atoms with Crippen molar-refractivity contribution in [1.29, 1.82) is 0 Å². The van der Waals surface area contributed by atoms with Crippen molar-refractivity contribution >= 4 is 0 Å². The fourth-order valence-corrected chi connectivity index (χ4v) is 9.78. The van der Waals surface area contributed by atoms with Gasteiger partial charge in [-0.05, 0) is 111 Å². The third kappa shape index (κ3) is 3.82. The van der Waals surface area contributed by atoms with Gasteiger partial charge in [-0.3, -0.25) is 0 Å². The van der Waals surface area contributed by atoms with E-state index >= 15 is 0 Å². The second kappa shape index (κ2) is 9.07. The van der Waals surface area contributed by atoms with E-state index in [2.05, 4.69) is 41.5 Å². The molecule has 0 spiro atoms. The second-order valence-electron chi connectivity index (χ2n) is 12.9. The fourth-order valence-electron chi connectivity index (χ4n) is 9.78. The fraction of sp³-hybridized carbons (Fsp3) is 1.00. The third-order valence-corrected chi connectivity index (χ3v) is 11.2. The molecule has 0 aliphatic heterocycles. The van der Waals surface area contributed by atoms with E-state index in [0.29, 0.717) is 16.9 Å². The first kappa shape index (κ1) is 23.1. The van der Waals surface area contributed by atoms with Crippen molar-refractivity contribution in [1.82, 2.24) is 0 Å². The molecule has 0 N–H and O–H groups in total. The minimum absolute atomic E-state index is 0.458. The van der Waals surface area contributed by atoms with Gasteiger partial charge in [-0.25, -0.2) is 0 Å². The standard InChI is InChI=1S/C29H52O/c1-7-30-27-13-9-12-22-14-15-23-25-17-16-24(21(4)11-8-10-20(2)3)28(25,5)19-18-26(23)29(22,27)6/h20-27H,7-19H2,1-6H3/t21-,22?,23+,24-,25+,26+,27?,28-,29+/m1/s1. The molecule has 1 nitrogen and oxygen atoms in total. The Hall–Kier alpha value is -0.0400. The Kier molecular flexibility index (Phi) is 6.99. The maximum Gasteiger partial charge on any atom is 0.0633 e. The summed E-state index contributed by atoms with van der Waals surface area (Å²) in [5.41, 5.74) is 1.08. The maximum atomic E-state index is 6.46. The highest BCUT2D eigenvalue weighted by molar-refractivity contribution is 5.11. The van der Waals surface area contributed by atoms with Crippen molar-refractivity contribution in [3.05, 3.63) is 0 Å². The van der Waals surface area contributed by atoms with Gasteiger partial charge in [0.15, 0.2) is 0 Å². The summed E-state index contributed by atoms with van der Waals surface area (Å²) >= 11 is 0. The average Bonchev–Trinajstić information content (AvgIpc) is 3.05. The lowest BCUT2D eigenvalue weighted by Gasteiger charge is -2.62. The molecule has 4 saturated carbocycles. The van der Waals surface area contributed by atoms with Crippen molar-refractivity contribution in [3.63, 3.8) is 0 Å². The lowest BCUT2D eigenvalue weighted by Crippen LogP contribution is -2.58. The Labute approximate surface area is 188 Å². The van der Waals surface area contributed by atoms with Gasteiger partial charge in [0.2, 0.25) is 0 Å². The van der Waals surface area contributed by atoms with Crippen LogP contribution in [0.1, 0.15) is 119 Å². The summed E-state index contributed by atoms with van der Waals surface area (Å²) in [5.74, 6) is 6.61. The summed E-state index contributed by atoms with van der Waals surface area (Å²) < 4.78 is 6.46. The summed E-state index contributed by atoms with van der Waals surface area (Å²) in [6, 6.07) is 0. The summed E-state index contributed by atoms with van der Waals surface area (Å²) in [5, 5.41) is 0. The van der Waals surface area contributed by atoms with Gasteiger partial charge >= 0.3 is 0 Å². The molecule has 174 valence electrons. The van der Waals surface area contributed by atoms with Gasteiger partial charge in [-0.1, -0.05) is 60.3 Å². The van der Waals surface area contributed by atoms with E-state index in [0.717, 1.165) is 48.0 Å². The Morgan fingerprint density at radius 2 is 1.67 bits per heavy atom. The largest absolute Gasteiger partial charge is 0.378 e. The zero-order chi connectivity index (χ0) is 21.5. The van der Waals surface area contributed by atoms with Gasteiger partial charge < -0.3 is 4.74 Å². The smallest absolute Gasteiger partial charge is 0.0633 e. The molecule has 0 radical (unpaired) electrons. The van der Waals surface area contributed by atoms with Gasteiger partial charge in [0.1, 0.15) is 0 Å².